The summed E-state index contributed by atoms with van der Waals surface area (Å²) in [6.45, 7) is 0. The molecule has 3 nitrogen and oxygen atoms in total. The maximum Gasteiger partial charge on any atom is 0.233 e. The van der Waals surface area contributed by atoms with Gasteiger partial charge < -0.3 is 10.5 Å². The molecular weight excluding hydrogens is 328 g/mol. The highest BCUT2D eigenvalue weighted by Crippen LogP contribution is 2.30. The van der Waals surface area contributed by atoms with Gasteiger partial charge in [0.15, 0.2) is 0 Å². The van der Waals surface area contributed by atoms with Gasteiger partial charge in [0.2, 0.25) is 5.88 Å². The number of nitrogens with two attached hydrogens (primary N) is 1. The standard InChI is InChI=1S/C17H13BrN2O/c18-16-10-14(19)11-20-17(16)21-15-8-6-13(7-9-15)12-4-2-1-3-5-12/h1-11H,19H2. The molecule has 0 atom stereocenters. The Morgan fingerprint density at radius 2 is 1.57 bits per heavy atom. The van der Waals surface area contributed by atoms with Crippen molar-refractivity contribution < 1.29 is 4.74 Å². The molecule has 4 heteroatoms. The third kappa shape index (κ3) is 3.23. The number of hydrogen-bond donors (Lipinski definition) is 1. The van der Waals surface area contributed by atoms with Gasteiger partial charge in [0.05, 0.1) is 16.4 Å². The van der Waals surface area contributed by atoms with Crippen LogP contribution < -0.4 is 10.5 Å². The van der Waals surface area contributed by atoms with Crippen molar-refractivity contribution in [2.24, 2.45) is 0 Å². The average Bonchev–Trinajstić information content (AvgIpc) is 2.52. The smallest absolute Gasteiger partial charge is 0.233 e. The Labute approximate surface area is 131 Å². The van der Waals surface area contributed by atoms with Gasteiger partial charge in [0.25, 0.3) is 0 Å². The van der Waals surface area contributed by atoms with E-state index in [9.17, 15) is 0 Å². The number of rotatable bonds is 3. The molecule has 2 N–H and O–H groups in total. The first-order valence-electron chi connectivity index (χ1n) is 6.47. The van der Waals surface area contributed by atoms with Crippen LogP contribution in [0.1, 0.15) is 0 Å². The van der Waals surface area contributed by atoms with Crippen LogP contribution in [0, 0.1) is 0 Å². The lowest BCUT2D eigenvalue weighted by Crippen LogP contribution is -1.92. The van der Waals surface area contributed by atoms with Crippen LogP contribution in [-0.4, -0.2) is 4.98 Å². The van der Waals surface area contributed by atoms with Gasteiger partial charge in [-0.3, -0.25) is 0 Å². The van der Waals surface area contributed by atoms with E-state index in [1.807, 2.05) is 42.5 Å². The van der Waals surface area contributed by atoms with Gasteiger partial charge in [0, 0.05) is 0 Å². The summed E-state index contributed by atoms with van der Waals surface area (Å²) in [6.07, 6.45) is 1.57. The van der Waals surface area contributed by atoms with E-state index >= 15 is 0 Å². The van der Waals surface area contributed by atoms with E-state index in [-0.39, 0.29) is 0 Å². The first-order chi connectivity index (χ1) is 10.2. The summed E-state index contributed by atoms with van der Waals surface area (Å²) >= 11 is 3.39. The lowest BCUT2D eigenvalue weighted by atomic mass is 10.1. The second-order valence-electron chi connectivity index (χ2n) is 4.55. The molecule has 3 aromatic rings. The van der Waals surface area contributed by atoms with Crippen molar-refractivity contribution in [3.8, 4) is 22.8 Å². The lowest BCUT2D eigenvalue weighted by Gasteiger charge is -2.08. The number of aromatic nitrogens is 1. The predicted molar refractivity (Wildman–Crippen MR) is 88.3 cm³/mol. The van der Waals surface area contributed by atoms with Crippen molar-refractivity contribution in [3.63, 3.8) is 0 Å². The molecular formula is C17H13BrN2O. The Kier molecular flexibility index (Phi) is 3.88. The second-order valence-corrected chi connectivity index (χ2v) is 5.40. The lowest BCUT2D eigenvalue weighted by molar-refractivity contribution is 0.460. The zero-order chi connectivity index (χ0) is 14.7. The van der Waals surface area contributed by atoms with Gasteiger partial charge in [-0.2, -0.15) is 0 Å². The largest absolute Gasteiger partial charge is 0.438 e. The minimum Gasteiger partial charge on any atom is -0.438 e. The highest BCUT2D eigenvalue weighted by Gasteiger charge is 2.05. The predicted octanol–water partition coefficient (Wildman–Crippen LogP) is 4.89. The molecule has 0 aliphatic heterocycles. The molecule has 0 fully saturated rings. The van der Waals surface area contributed by atoms with Gasteiger partial charge in [0.1, 0.15) is 5.75 Å². The summed E-state index contributed by atoms with van der Waals surface area (Å²) in [5, 5.41) is 0. The molecule has 0 aliphatic rings. The molecule has 3 rings (SSSR count). The molecule has 21 heavy (non-hydrogen) atoms. The van der Waals surface area contributed by atoms with Gasteiger partial charge >= 0.3 is 0 Å². The third-order valence-corrected chi connectivity index (χ3v) is 3.57. The van der Waals surface area contributed by atoms with Crippen LogP contribution in [0.5, 0.6) is 11.6 Å². The number of hydrogen-bond acceptors (Lipinski definition) is 3. The van der Waals surface area contributed by atoms with Crippen molar-refractivity contribution in [1.29, 1.82) is 0 Å². The Hall–Kier alpha value is -2.33. The zero-order valence-electron chi connectivity index (χ0n) is 11.2. The summed E-state index contributed by atoms with van der Waals surface area (Å²) in [5.41, 5.74) is 8.57. The average molecular weight is 341 g/mol. The molecule has 0 unspecified atom stereocenters. The Morgan fingerprint density at radius 3 is 2.24 bits per heavy atom. The van der Waals surface area contributed by atoms with Crippen LogP contribution in [0.3, 0.4) is 0 Å². The number of pyridine rings is 1. The fourth-order valence-corrected chi connectivity index (χ4v) is 2.42. The first-order valence-corrected chi connectivity index (χ1v) is 7.26. The van der Waals surface area contributed by atoms with Crippen LogP contribution in [0.25, 0.3) is 11.1 Å². The van der Waals surface area contributed by atoms with E-state index in [1.165, 1.54) is 5.56 Å². The van der Waals surface area contributed by atoms with E-state index in [4.69, 9.17) is 10.5 Å². The van der Waals surface area contributed by atoms with E-state index < -0.39 is 0 Å². The maximum absolute atomic E-state index is 5.74. The van der Waals surface area contributed by atoms with Crippen molar-refractivity contribution in [1.82, 2.24) is 4.98 Å². The molecule has 0 saturated heterocycles. The Morgan fingerprint density at radius 1 is 0.905 bits per heavy atom. The minimum absolute atomic E-state index is 0.497. The van der Waals surface area contributed by atoms with E-state index in [0.29, 0.717) is 11.6 Å². The van der Waals surface area contributed by atoms with Crippen LogP contribution in [0.2, 0.25) is 0 Å². The Balaban J connectivity index is 1.81. The van der Waals surface area contributed by atoms with Gasteiger partial charge in [-0.1, -0.05) is 42.5 Å². The quantitative estimate of drug-likeness (QED) is 0.738. The molecule has 0 radical (unpaired) electrons. The number of anilines is 1. The number of halogens is 1. The summed E-state index contributed by atoms with van der Waals surface area (Å²) in [5.74, 6) is 1.23. The first kappa shape index (κ1) is 13.6. The van der Waals surface area contributed by atoms with Crippen LogP contribution in [0.4, 0.5) is 5.69 Å². The number of benzene rings is 2. The fraction of sp³-hybridized carbons (Fsp3) is 0. The molecule has 0 amide bonds. The van der Waals surface area contributed by atoms with Gasteiger partial charge in [-0.15, -0.1) is 0 Å². The van der Waals surface area contributed by atoms with Crippen LogP contribution in [0.15, 0.2) is 71.3 Å². The summed E-state index contributed by atoms with van der Waals surface area (Å²) in [4.78, 5) is 4.16. The van der Waals surface area contributed by atoms with Gasteiger partial charge in [-0.05, 0) is 45.3 Å². The van der Waals surface area contributed by atoms with Crippen molar-refractivity contribution in [2.45, 2.75) is 0 Å². The van der Waals surface area contributed by atoms with E-state index in [2.05, 4.69) is 33.0 Å². The van der Waals surface area contributed by atoms with Crippen molar-refractivity contribution in [2.75, 3.05) is 5.73 Å². The highest BCUT2D eigenvalue weighted by molar-refractivity contribution is 9.10. The molecule has 1 aromatic heterocycles. The second kappa shape index (κ2) is 5.97. The topological polar surface area (TPSA) is 48.1 Å². The van der Waals surface area contributed by atoms with Crippen molar-refractivity contribution in [3.05, 3.63) is 71.3 Å². The van der Waals surface area contributed by atoms with E-state index in [1.54, 1.807) is 12.3 Å². The number of nitrogen functional groups attached to an aromatic ring is 1. The molecule has 2 aromatic carbocycles. The number of ether oxygens (including phenoxy) is 1. The monoisotopic (exact) mass is 340 g/mol. The Bertz CT molecular complexity index is 742. The summed E-state index contributed by atoms with van der Waals surface area (Å²) < 4.78 is 6.47. The normalized spacial score (nSPS) is 10.3. The SMILES string of the molecule is Nc1cnc(Oc2ccc(-c3ccccc3)cc2)c(Br)c1. The molecule has 0 bridgehead atoms. The fourth-order valence-electron chi connectivity index (χ4n) is 1.97. The highest BCUT2D eigenvalue weighted by atomic mass is 79.9. The van der Waals surface area contributed by atoms with Gasteiger partial charge in [-0.25, -0.2) is 4.98 Å². The minimum atomic E-state index is 0.497. The molecule has 0 saturated carbocycles. The summed E-state index contributed by atoms with van der Waals surface area (Å²) in [7, 11) is 0. The molecule has 0 aliphatic carbocycles. The molecule has 0 spiro atoms. The van der Waals surface area contributed by atoms with Crippen molar-refractivity contribution >= 4 is 21.6 Å². The maximum atomic E-state index is 5.74. The molecule has 104 valence electrons. The van der Waals surface area contributed by atoms with Crippen LogP contribution in [-0.2, 0) is 0 Å². The number of nitrogens with zero attached hydrogens (tertiary/aromatic N) is 1. The van der Waals surface area contributed by atoms with Crippen LogP contribution >= 0.6 is 15.9 Å². The van der Waals surface area contributed by atoms with E-state index in [0.717, 1.165) is 15.8 Å². The zero-order valence-corrected chi connectivity index (χ0v) is 12.7. The molecule has 1 heterocycles. The third-order valence-electron chi connectivity index (χ3n) is 3.00. The summed E-state index contributed by atoms with van der Waals surface area (Å²) in [6, 6.07) is 19.9.